The lowest BCUT2D eigenvalue weighted by molar-refractivity contribution is 0.466. The quantitative estimate of drug-likeness (QED) is 0.447. The van der Waals surface area contributed by atoms with Crippen molar-refractivity contribution in [2.45, 2.75) is 4.90 Å². The van der Waals surface area contributed by atoms with Crippen molar-refractivity contribution in [2.24, 2.45) is 0 Å². The molecule has 0 unspecified atom stereocenters. The van der Waals surface area contributed by atoms with Crippen LogP contribution in [0, 0.1) is 0 Å². The highest BCUT2D eigenvalue weighted by Gasteiger charge is 2.02. The Balaban J connectivity index is 2.20. The second-order valence-corrected chi connectivity index (χ2v) is 4.60. The zero-order chi connectivity index (χ0) is 13.1. The monoisotopic (exact) mass is 265 g/mol. The van der Waals surface area contributed by atoms with Gasteiger partial charge in [0.1, 0.15) is 17.2 Å². The van der Waals surface area contributed by atoms with Gasteiger partial charge in [-0.25, -0.2) is 8.42 Å². The van der Waals surface area contributed by atoms with Gasteiger partial charge in [0.25, 0.3) is 0 Å². The van der Waals surface area contributed by atoms with Gasteiger partial charge in [0.05, 0.1) is 10.6 Å². The molecule has 0 aliphatic heterocycles. The highest BCUT2D eigenvalue weighted by atomic mass is 32.2. The molecule has 0 amide bonds. The van der Waals surface area contributed by atoms with Gasteiger partial charge in [0, 0.05) is 6.07 Å². The van der Waals surface area contributed by atoms with Gasteiger partial charge >= 0.3 is 0 Å². The minimum Gasteiger partial charge on any atom is -0.506 e. The molecular formula is C12H11NO4S. The van der Waals surface area contributed by atoms with Gasteiger partial charge in [-0.05, 0) is 36.4 Å². The molecule has 6 heteroatoms. The van der Waals surface area contributed by atoms with Crippen LogP contribution in [-0.4, -0.2) is 13.5 Å². The van der Waals surface area contributed by atoms with E-state index in [-0.39, 0.29) is 16.3 Å². The molecule has 3 N–H and O–H groups in total. The van der Waals surface area contributed by atoms with E-state index in [1.807, 2.05) is 0 Å². The lowest BCUT2D eigenvalue weighted by Crippen LogP contribution is -1.89. The van der Waals surface area contributed by atoms with Gasteiger partial charge in [0.2, 0.25) is 0 Å². The van der Waals surface area contributed by atoms with Crippen molar-refractivity contribution in [1.29, 1.82) is 0 Å². The number of ether oxygens (including phenoxy) is 1. The van der Waals surface area contributed by atoms with E-state index in [0.29, 0.717) is 11.5 Å². The van der Waals surface area contributed by atoms with Crippen molar-refractivity contribution in [1.82, 2.24) is 0 Å². The largest absolute Gasteiger partial charge is 0.506 e. The Bertz CT molecular complexity index is 627. The maximum Gasteiger partial charge on any atom is 0.168 e. The van der Waals surface area contributed by atoms with Crippen molar-refractivity contribution in [3.8, 4) is 17.2 Å². The van der Waals surface area contributed by atoms with E-state index in [2.05, 4.69) is 0 Å². The summed E-state index contributed by atoms with van der Waals surface area (Å²) in [4.78, 5) is 0.225. The van der Waals surface area contributed by atoms with Crippen LogP contribution in [0.2, 0.25) is 0 Å². The predicted octanol–water partition coefficient (Wildman–Crippen LogP) is 1.74. The van der Waals surface area contributed by atoms with Gasteiger partial charge in [-0.2, -0.15) is 0 Å². The van der Waals surface area contributed by atoms with Gasteiger partial charge in [-0.1, -0.05) is 0 Å². The summed E-state index contributed by atoms with van der Waals surface area (Å²) in [6.07, 6.45) is 0. The molecular weight excluding hydrogens is 254 g/mol. The topological polar surface area (TPSA) is 89.6 Å². The van der Waals surface area contributed by atoms with Crippen LogP contribution in [-0.2, 0) is 10.7 Å². The van der Waals surface area contributed by atoms with Crippen molar-refractivity contribution < 1.29 is 18.3 Å². The maximum absolute atomic E-state index is 10.7. The number of rotatable bonds is 3. The van der Waals surface area contributed by atoms with Crippen LogP contribution in [0.5, 0.6) is 17.2 Å². The number of hydrogen-bond acceptors (Lipinski definition) is 5. The number of hydrogen-bond donors (Lipinski definition) is 3. The number of benzene rings is 2. The van der Waals surface area contributed by atoms with Crippen LogP contribution in [0.3, 0.4) is 0 Å². The summed E-state index contributed by atoms with van der Waals surface area (Å²) in [6.45, 7) is 0. The summed E-state index contributed by atoms with van der Waals surface area (Å²) < 4.78 is 26.9. The third kappa shape index (κ3) is 2.72. The Morgan fingerprint density at radius 2 is 1.61 bits per heavy atom. The van der Waals surface area contributed by atoms with Gasteiger partial charge in [0.15, 0.2) is 10.7 Å². The molecule has 0 aliphatic carbocycles. The van der Waals surface area contributed by atoms with Gasteiger partial charge < -0.3 is 15.6 Å². The average Bonchev–Trinajstić information content (AvgIpc) is 2.34. The van der Waals surface area contributed by atoms with Gasteiger partial charge in [-0.3, -0.25) is 0 Å². The minimum atomic E-state index is -2.59. The van der Waals surface area contributed by atoms with Crippen LogP contribution < -0.4 is 10.5 Å². The van der Waals surface area contributed by atoms with E-state index in [1.54, 1.807) is 18.2 Å². The predicted molar refractivity (Wildman–Crippen MR) is 67.6 cm³/mol. The third-order valence-corrected chi connectivity index (χ3v) is 3.00. The molecule has 0 saturated carbocycles. The van der Waals surface area contributed by atoms with Crippen LogP contribution >= 0.6 is 0 Å². The fraction of sp³-hybridized carbons (Fsp3) is 0. The third-order valence-electron chi connectivity index (χ3n) is 2.28. The van der Waals surface area contributed by atoms with Crippen molar-refractivity contribution in [3.63, 3.8) is 0 Å². The van der Waals surface area contributed by atoms with Crippen LogP contribution in [0.4, 0.5) is 5.69 Å². The molecule has 18 heavy (non-hydrogen) atoms. The first-order chi connectivity index (χ1) is 8.56. The Kier molecular flexibility index (Phi) is 3.38. The molecule has 0 aromatic heterocycles. The molecule has 0 bridgehead atoms. The summed E-state index contributed by atoms with van der Waals surface area (Å²) in [5, 5.41) is 9.26. The molecule has 0 spiro atoms. The summed E-state index contributed by atoms with van der Waals surface area (Å²) >= 11 is 0. The molecule has 0 heterocycles. The van der Waals surface area contributed by atoms with E-state index in [0.717, 1.165) is 0 Å². The lowest BCUT2D eigenvalue weighted by Gasteiger charge is -2.07. The fourth-order valence-corrected chi connectivity index (χ4v) is 1.76. The SMILES string of the molecule is Nc1cc(Oc2ccc([SH](=O)=O)cc2)ccc1O. The Morgan fingerprint density at radius 1 is 1.00 bits per heavy atom. The first-order valence-electron chi connectivity index (χ1n) is 5.07. The average molecular weight is 265 g/mol. The van der Waals surface area contributed by atoms with Gasteiger partial charge in [-0.15, -0.1) is 0 Å². The summed E-state index contributed by atoms with van der Waals surface area (Å²) in [6, 6.07) is 10.5. The Labute approximate surface area is 105 Å². The van der Waals surface area contributed by atoms with Crippen LogP contribution in [0.25, 0.3) is 0 Å². The number of thiol groups is 1. The molecule has 5 nitrogen and oxygen atoms in total. The smallest absolute Gasteiger partial charge is 0.168 e. The molecule has 0 fully saturated rings. The first-order valence-corrected chi connectivity index (χ1v) is 6.25. The maximum atomic E-state index is 10.7. The highest BCUT2D eigenvalue weighted by molar-refractivity contribution is 7.72. The van der Waals surface area contributed by atoms with Crippen molar-refractivity contribution in [2.75, 3.05) is 5.73 Å². The standard InChI is InChI=1S/C12H11NO4S/c13-11-7-9(3-6-12(11)14)17-8-1-4-10(5-2-8)18(15)16/h1-7,14,18H,13H2. The summed E-state index contributed by atoms with van der Waals surface area (Å²) in [7, 11) is -2.59. The zero-order valence-corrected chi connectivity index (χ0v) is 10.1. The summed E-state index contributed by atoms with van der Waals surface area (Å²) in [5.41, 5.74) is 5.74. The highest BCUT2D eigenvalue weighted by Crippen LogP contribution is 2.28. The normalized spacial score (nSPS) is 10.5. The number of nitrogen functional groups attached to an aromatic ring is 1. The van der Waals surface area contributed by atoms with Crippen molar-refractivity contribution in [3.05, 3.63) is 42.5 Å². The Hall–Kier alpha value is -2.21. The molecule has 0 radical (unpaired) electrons. The second-order valence-electron chi connectivity index (χ2n) is 3.57. The Morgan fingerprint density at radius 3 is 2.17 bits per heavy atom. The summed E-state index contributed by atoms with van der Waals surface area (Å²) in [5.74, 6) is 0.936. The lowest BCUT2D eigenvalue weighted by atomic mass is 10.3. The number of aromatic hydroxyl groups is 1. The molecule has 0 aliphatic rings. The first kappa shape index (κ1) is 12.3. The van der Waals surface area contributed by atoms with E-state index >= 15 is 0 Å². The van der Waals surface area contributed by atoms with Crippen molar-refractivity contribution >= 4 is 16.4 Å². The number of nitrogens with two attached hydrogens (primary N) is 1. The van der Waals surface area contributed by atoms with E-state index < -0.39 is 10.7 Å². The minimum absolute atomic E-state index is 0.0129. The van der Waals surface area contributed by atoms with E-state index in [1.165, 1.54) is 24.3 Å². The van der Waals surface area contributed by atoms with Crippen LogP contribution in [0.1, 0.15) is 0 Å². The molecule has 2 rings (SSSR count). The molecule has 0 atom stereocenters. The number of phenols is 1. The van der Waals surface area contributed by atoms with E-state index in [9.17, 15) is 13.5 Å². The second kappa shape index (κ2) is 4.97. The van der Waals surface area contributed by atoms with Crippen LogP contribution in [0.15, 0.2) is 47.4 Å². The number of anilines is 1. The molecule has 0 saturated heterocycles. The zero-order valence-electron chi connectivity index (χ0n) is 9.24. The molecule has 2 aromatic carbocycles. The number of phenolic OH excluding ortho intramolecular Hbond substituents is 1. The molecule has 94 valence electrons. The fourth-order valence-electron chi connectivity index (χ4n) is 1.37. The van der Waals surface area contributed by atoms with E-state index in [4.69, 9.17) is 10.5 Å². The molecule has 2 aromatic rings.